The van der Waals surface area contributed by atoms with Gasteiger partial charge in [0.15, 0.2) is 11.4 Å². The summed E-state index contributed by atoms with van der Waals surface area (Å²) in [4.78, 5) is 4.49. The van der Waals surface area contributed by atoms with Crippen LogP contribution >= 0.6 is 0 Å². The number of nitrogens with zero attached hydrogens (tertiary/aromatic N) is 2. The van der Waals surface area contributed by atoms with E-state index in [-0.39, 0.29) is 5.92 Å². The average molecular weight is 288 g/mol. The zero-order chi connectivity index (χ0) is 14.9. The Hall–Kier alpha value is -1.88. The number of hydrogen-bond acceptors (Lipinski definition) is 5. The summed E-state index contributed by atoms with van der Waals surface area (Å²) in [6.45, 7) is 7.32. The van der Waals surface area contributed by atoms with Gasteiger partial charge in [-0.1, -0.05) is 22.9 Å². The van der Waals surface area contributed by atoms with Crippen LogP contribution in [0.3, 0.4) is 0 Å². The molecule has 1 aliphatic rings. The third-order valence-electron chi connectivity index (χ3n) is 3.65. The van der Waals surface area contributed by atoms with Crippen molar-refractivity contribution in [2.45, 2.75) is 38.7 Å². The first kappa shape index (κ1) is 14.1. The molecule has 0 bridgehead atoms. The van der Waals surface area contributed by atoms with Gasteiger partial charge in [-0.25, -0.2) is 0 Å². The maximum Gasteiger partial charge on any atom is 0.270 e. The molecule has 0 spiro atoms. The van der Waals surface area contributed by atoms with E-state index < -0.39 is 5.60 Å². The van der Waals surface area contributed by atoms with Crippen LogP contribution in [0.1, 0.15) is 43.5 Å². The number of hydrogen-bond donors (Lipinski definition) is 0. The molecule has 1 fully saturated rings. The highest BCUT2D eigenvalue weighted by Crippen LogP contribution is 2.29. The largest absolute Gasteiger partial charge is 0.478 e. The molecule has 2 aromatic rings. The van der Waals surface area contributed by atoms with Gasteiger partial charge >= 0.3 is 0 Å². The van der Waals surface area contributed by atoms with Crippen molar-refractivity contribution in [3.8, 4) is 5.75 Å². The maximum atomic E-state index is 5.99. The van der Waals surface area contributed by atoms with Crippen LogP contribution in [0.5, 0.6) is 5.75 Å². The lowest BCUT2D eigenvalue weighted by Gasteiger charge is -2.22. The highest BCUT2D eigenvalue weighted by atomic mass is 16.5. The van der Waals surface area contributed by atoms with Gasteiger partial charge in [0, 0.05) is 12.5 Å². The van der Waals surface area contributed by atoms with Crippen molar-refractivity contribution in [1.82, 2.24) is 10.1 Å². The Bertz CT molecular complexity index is 598. The average Bonchev–Trinajstić information content (AvgIpc) is 3.11. The van der Waals surface area contributed by atoms with E-state index in [1.807, 2.05) is 45.0 Å². The molecule has 0 aliphatic carbocycles. The second-order valence-corrected chi connectivity index (χ2v) is 5.94. The minimum absolute atomic E-state index is 0.234. The second-order valence-electron chi connectivity index (χ2n) is 5.94. The van der Waals surface area contributed by atoms with Gasteiger partial charge in [0.05, 0.1) is 6.61 Å². The molecule has 1 aromatic heterocycles. The quantitative estimate of drug-likeness (QED) is 0.864. The molecule has 0 radical (unpaired) electrons. The summed E-state index contributed by atoms with van der Waals surface area (Å²) in [6.07, 6.45) is 0.943. The smallest absolute Gasteiger partial charge is 0.270 e. The molecule has 0 N–H and O–H groups in total. The first-order chi connectivity index (χ1) is 10.0. The Morgan fingerprint density at radius 1 is 1.24 bits per heavy atom. The fourth-order valence-electron chi connectivity index (χ4n) is 2.33. The van der Waals surface area contributed by atoms with E-state index in [2.05, 4.69) is 10.1 Å². The van der Waals surface area contributed by atoms with Gasteiger partial charge in [0.1, 0.15) is 5.75 Å². The van der Waals surface area contributed by atoms with Crippen molar-refractivity contribution in [2.24, 2.45) is 0 Å². The van der Waals surface area contributed by atoms with Crippen LogP contribution in [0.15, 0.2) is 28.8 Å². The van der Waals surface area contributed by atoms with Crippen LogP contribution in [-0.4, -0.2) is 23.4 Å². The van der Waals surface area contributed by atoms with Gasteiger partial charge in [0.25, 0.3) is 5.89 Å². The lowest BCUT2D eigenvalue weighted by molar-refractivity contribution is 0.0692. The fourth-order valence-corrected chi connectivity index (χ4v) is 2.33. The van der Waals surface area contributed by atoms with Crippen molar-refractivity contribution >= 4 is 0 Å². The molecule has 2 heterocycles. The highest BCUT2D eigenvalue weighted by molar-refractivity contribution is 5.27. The first-order valence-corrected chi connectivity index (χ1v) is 7.22. The van der Waals surface area contributed by atoms with Crippen molar-refractivity contribution in [1.29, 1.82) is 0 Å². The fraction of sp³-hybridized carbons (Fsp3) is 0.500. The number of rotatable bonds is 4. The summed E-state index contributed by atoms with van der Waals surface area (Å²) in [5.74, 6) is 2.22. The number of benzene rings is 1. The lowest BCUT2D eigenvalue weighted by atomic mass is 10.1. The maximum absolute atomic E-state index is 5.99. The Labute approximate surface area is 124 Å². The molecule has 0 amide bonds. The lowest BCUT2D eigenvalue weighted by Crippen LogP contribution is -2.25. The molecule has 5 nitrogen and oxygen atoms in total. The van der Waals surface area contributed by atoms with Crippen LogP contribution in [0, 0.1) is 6.92 Å². The van der Waals surface area contributed by atoms with E-state index in [4.69, 9.17) is 14.0 Å². The Balaban J connectivity index is 1.76. The normalized spacial score (nSPS) is 18.9. The van der Waals surface area contributed by atoms with Crippen molar-refractivity contribution < 1.29 is 14.0 Å². The molecule has 0 unspecified atom stereocenters. The monoisotopic (exact) mass is 288 g/mol. The van der Waals surface area contributed by atoms with E-state index in [0.29, 0.717) is 18.3 Å². The minimum atomic E-state index is -0.667. The van der Waals surface area contributed by atoms with Gasteiger partial charge in [-0.3, -0.25) is 0 Å². The van der Waals surface area contributed by atoms with Crippen LogP contribution < -0.4 is 4.74 Å². The standard InChI is InChI=1S/C16H20N2O3/c1-11-4-6-13(7-5-11)20-16(2,3)15-17-14(18-21-15)12-8-9-19-10-12/h4-7,12H,8-10H2,1-3H3/t12-/m0/s1. The van der Waals surface area contributed by atoms with E-state index in [1.165, 1.54) is 5.56 Å². The summed E-state index contributed by atoms with van der Waals surface area (Å²) in [6, 6.07) is 7.92. The van der Waals surface area contributed by atoms with Crippen LogP contribution in [0.25, 0.3) is 0 Å². The van der Waals surface area contributed by atoms with Crippen LogP contribution in [-0.2, 0) is 10.3 Å². The summed E-state index contributed by atoms with van der Waals surface area (Å²) in [5.41, 5.74) is 0.529. The van der Waals surface area contributed by atoms with E-state index in [1.54, 1.807) is 0 Å². The SMILES string of the molecule is Cc1ccc(OC(C)(C)c2nc([C@H]3CCOC3)no2)cc1. The van der Waals surface area contributed by atoms with E-state index >= 15 is 0 Å². The second kappa shape index (κ2) is 5.48. The summed E-state index contributed by atoms with van der Waals surface area (Å²) in [7, 11) is 0. The highest BCUT2D eigenvalue weighted by Gasteiger charge is 2.32. The minimum Gasteiger partial charge on any atom is -0.478 e. The predicted molar refractivity (Wildman–Crippen MR) is 77.3 cm³/mol. The molecule has 5 heteroatoms. The third kappa shape index (κ3) is 3.08. The molecule has 112 valence electrons. The molecule has 0 saturated carbocycles. The molecular weight excluding hydrogens is 268 g/mol. The summed E-state index contributed by atoms with van der Waals surface area (Å²) >= 11 is 0. The molecule has 1 aromatic carbocycles. The van der Waals surface area contributed by atoms with Gasteiger partial charge in [-0.15, -0.1) is 0 Å². The number of ether oxygens (including phenoxy) is 2. The molecule has 1 atom stereocenters. The number of aryl methyl sites for hydroxylation is 1. The Kier molecular flexibility index (Phi) is 3.68. The van der Waals surface area contributed by atoms with Crippen molar-refractivity contribution in [3.05, 3.63) is 41.5 Å². The molecular formula is C16H20N2O3. The Morgan fingerprint density at radius 2 is 2.00 bits per heavy atom. The molecule has 3 rings (SSSR count). The van der Waals surface area contributed by atoms with E-state index in [0.717, 1.165) is 18.8 Å². The zero-order valence-electron chi connectivity index (χ0n) is 12.6. The third-order valence-corrected chi connectivity index (χ3v) is 3.65. The van der Waals surface area contributed by atoms with E-state index in [9.17, 15) is 0 Å². The van der Waals surface area contributed by atoms with Gasteiger partial charge < -0.3 is 14.0 Å². The molecule has 21 heavy (non-hydrogen) atoms. The summed E-state index contributed by atoms with van der Waals surface area (Å²) in [5, 5.41) is 4.07. The predicted octanol–water partition coefficient (Wildman–Crippen LogP) is 3.20. The molecule has 1 saturated heterocycles. The topological polar surface area (TPSA) is 57.4 Å². The summed E-state index contributed by atoms with van der Waals surface area (Å²) < 4.78 is 16.7. The van der Waals surface area contributed by atoms with Crippen LogP contribution in [0.2, 0.25) is 0 Å². The molecule has 1 aliphatic heterocycles. The number of aromatic nitrogens is 2. The van der Waals surface area contributed by atoms with Crippen molar-refractivity contribution in [2.75, 3.05) is 13.2 Å². The Morgan fingerprint density at radius 3 is 2.67 bits per heavy atom. The zero-order valence-corrected chi connectivity index (χ0v) is 12.6. The first-order valence-electron chi connectivity index (χ1n) is 7.22. The van der Waals surface area contributed by atoms with Gasteiger partial charge in [0.2, 0.25) is 0 Å². The van der Waals surface area contributed by atoms with Gasteiger partial charge in [-0.2, -0.15) is 4.98 Å². The van der Waals surface area contributed by atoms with Crippen molar-refractivity contribution in [3.63, 3.8) is 0 Å². The van der Waals surface area contributed by atoms with Gasteiger partial charge in [-0.05, 0) is 39.3 Å². The van der Waals surface area contributed by atoms with Crippen LogP contribution in [0.4, 0.5) is 0 Å².